The van der Waals surface area contributed by atoms with Gasteiger partial charge in [0.1, 0.15) is 30.4 Å². The van der Waals surface area contributed by atoms with Gasteiger partial charge >= 0.3 is 18.2 Å². The molecule has 0 spiro atoms. The Balaban J connectivity index is 1.06. The largest absolute Gasteiger partial charge is 0.573 e. The van der Waals surface area contributed by atoms with Crippen LogP contribution < -0.4 is 24.4 Å². The van der Waals surface area contributed by atoms with Gasteiger partial charge in [0.2, 0.25) is 5.95 Å². The molecule has 0 aliphatic carbocycles. The molecule has 2 aliphatic heterocycles. The highest BCUT2D eigenvalue weighted by Gasteiger charge is 2.31. The molecule has 2 aliphatic rings. The quantitative estimate of drug-likeness (QED) is 0.339. The molecule has 0 unspecified atom stereocenters. The minimum absolute atomic E-state index is 0.0524. The average molecular weight is 535 g/mol. The molecule has 0 bridgehead atoms. The van der Waals surface area contributed by atoms with Crippen LogP contribution in [0.1, 0.15) is 18.4 Å². The van der Waals surface area contributed by atoms with Crippen molar-refractivity contribution in [3.8, 4) is 17.5 Å². The van der Waals surface area contributed by atoms with Crippen molar-refractivity contribution in [2.75, 3.05) is 24.6 Å². The van der Waals surface area contributed by atoms with E-state index in [1.54, 1.807) is 17.0 Å². The molecule has 0 amide bonds. The molecule has 12 nitrogen and oxygen atoms in total. The van der Waals surface area contributed by atoms with Crippen LogP contribution in [0.2, 0.25) is 0 Å². The Morgan fingerprint density at radius 2 is 1.82 bits per heavy atom. The number of piperidine rings is 1. The number of nitrogens with zero attached hydrogens (tertiary/aromatic N) is 6. The van der Waals surface area contributed by atoms with Crippen molar-refractivity contribution in [3.63, 3.8) is 0 Å². The molecule has 3 aromatic rings. The summed E-state index contributed by atoms with van der Waals surface area (Å²) in [5.41, 5.74) is 0.882. The van der Waals surface area contributed by atoms with Crippen LogP contribution in [0.5, 0.6) is 17.5 Å². The predicted molar refractivity (Wildman–Crippen MR) is 126 cm³/mol. The van der Waals surface area contributed by atoms with Crippen LogP contribution in [0, 0.1) is 10.1 Å². The fourth-order valence-electron chi connectivity index (χ4n) is 4.26. The Labute approximate surface area is 214 Å². The number of benzene rings is 1. The number of halogens is 3. The third-order valence-electron chi connectivity index (χ3n) is 6.12. The van der Waals surface area contributed by atoms with Crippen molar-refractivity contribution in [2.45, 2.75) is 44.4 Å². The minimum atomic E-state index is -4.73. The highest BCUT2D eigenvalue weighted by atomic mass is 19.4. The van der Waals surface area contributed by atoms with Crippen molar-refractivity contribution in [2.24, 2.45) is 0 Å². The summed E-state index contributed by atoms with van der Waals surface area (Å²) in [6, 6.07) is 5.56. The number of ether oxygens (including phenoxy) is 3. The molecule has 4 heterocycles. The summed E-state index contributed by atoms with van der Waals surface area (Å²) in [5, 5.41) is 14.2. The second-order valence-corrected chi connectivity index (χ2v) is 8.89. The van der Waals surface area contributed by atoms with E-state index in [4.69, 9.17) is 9.47 Å². The molecular formula is C23H24F3N7O5. The van der Waals surface area contributed by atoms with Gasteiger partial charge in [0.15, 0.2) is 0 Å². The summed E-state index contributed by atoms with van der Waals surface area (Å²) >= 11 is 0. The molecule has 1 aromatic carbocycles. The third-order valence-corrected chi connectivity index (χ3v) is 6.12. The molecule has 2 aromatic heterocycles. The number of hydrogen-bond acceptors (Lipinski definition) is 10. The second kappa shape index (κ2) is 10.7. The zero-order chi connectivity index (χ0) is 26.7. The Morgan fingerprint density at radius 3 is 2.47 bits per heavy atom. The lowest BCUT2D eigenvalue weighted by molar-refractivity contribution is -0.389. The first kappa shape index (κ1) is 25.5. The number of nitro groups is 1. The van der Waals surface area contributed by atoms with E-state index in [0.29, 0.717) is 57.3 Å². The molecule has 38 heavy (non-hydrogen) atoms. The normalized spacial score (nSPS) is 18.0. The number of imidazole rings is 1. The summed E-state index contributed by atoms with van der Waals surface area (Å²) < 4.78 is 53.8. The van der Waals surface area contributed by atoms with Gasteiger partial charge < -0.3 is 34.5 Å². The lowest BCUT2D eigenvalue weighted by Gasteiger charge is -2.32. The number of alkyl halides is 3. The molecule has 0 radical (unpaired) electrons. The molecule has 202 valence electrons. The maximum absolute atomic E-state index is 12.3. The zero-order valence-corrected chi connectivity index (χ0v) is 20.0. The van der Waals surface area contributed by atoms with Gasteiger partial charge in [-0.2, -0.15) is 0 Å². The maximum atomic E-state index is 12.3. The smallest absolute Gasteiger partial charge is 0.490 e. The van der Waals surface area contributed by atoms with Gasteiger partial charge in [0, 0.05) is 62.0 Å². The summed E-state index contributed by atoms with van der Waals surface area (Å²) in [6.07, 6.45) is 1.49. The molecule has 1 N–H and O–H groups in total. The fourth-order valence-corrected chi connectivity index (χ4v) is 4.26. The van der Waals surface area contributed by atoms with Gasteiger partial charge in [0.25, 0.3) is 0 Å². The maximum Gasteiger partial charge on any atom is 0.573 e. The monoisotopic (exact) mass is 535 g/mol. The zero-order valence-electron chi connectivity index (χ0n) is 20.0. The first-order valence-corrected chi connectivity index (χ1v) is 11.9. The molecule has 1 fully saturated rings. The number of anilines is 1. The molecule has 1 saturated heterocycles. The summed E-state index contributed by atoms with van der Waals surface area (Å²) in [6.45, 7) is 2.70. The van der Waals surface area contributed by atoms with Crippen molar-refractivity contribution in [1.82, 2.24) is 24.8 Å². The average Bonchev–Trinajstić information content (AvgIpc) is 3.33. The van der Waals surface area contributed by atoms with Crippen LogP contribution in [0.25, 0.3) is 0 Å². The van der Waals surface area contributed by atoms with E-state index >= 15 is 0 Å². The molecular weight excluding hydrogens is 511 g/mol. The summed E-state index contributed by atoms with van der Waals surface area (Å²) in [7, 11) is 0. The number of rotatable bonds is 8. The van der Waals surface area contributed by atoms with Crippen LogP contribution in [0.3, 0.4) is 0 Å². The van der Waals surface area contributed by atoms with Gasteiger partial charge in [-0.1, -0.05) is 0 Å². The lowest BCUT2D eigenvalue weighted by atomic mass is 10.1. The summed E-state index contributed by atoms with van der Waals surface area (Å²) in [5.74, 6) is 0.559. The van der Waals surface area contributed by atoms with Gasteiger partial charge in [-0.05, 0) is 29.2 Å². The van der Waals surface area contributed by atoms with Gasteiger partial charge in [-0.15, -0.1) is 13.2 Å². The van der Waals surface area contributed by atoms with Crippen LogP contribution in [0.4, 0.5) is 24.9 Å². The van der Waals surface area contributed by atoms with Crippen LogP contribution in [-0.4, -0.2) is 62.6 Å². The van der Waals surface area contributed by atoms with E-state index in [1.807, 2.05) is 0 Å². The Kier molecular flexibility index (Phi) is 7.18. The second-order valence-electron chi connectivity index (χ2n) is 8.89. The first-order valence-electron chi connectivity index (χ1n) is 11.9. The van der Waals surface area contributed by atoms with Gasteiger partial charge in [-0.25, -0.2) is 9.97 Å². The van der Waals surface area contributed by atoms with E-state index in [9.17, 15) is 23.3 Å². The van der Waals surface area contributed by atoms with Crippen LogP contribution in [0.15, 0.2) is 42.9 Å². The van der Waals surface area contributed by atoms with Gasteiger partial charge in [0.05, 0.1) is 6.04 Å². The van der Waals surface area contributed by atoms with Crippen molar-refractivity contribution in [1.29, 1.82) is 0 Å². The van der Waals surface area contributed by atoms with Crippen LogP contribution in [-0.2, 0) is 13.1 Å². The topological polar surface area (TPSA) is 130 Å². The predicted octanol–water partition coefficient (Wildman–Crippen LogP) is 3.08. The molecule has 15 heteroatoms. The number of aromatic nitrogens is 4. The van der Waals surface area contributed by atoms with Gasteiger partial charge in [-0.3, -0.25) is 4.57 Å². The van der Waals surface area contributed by atoms with Crippen LogP contribution >= 0.6 is 0 Å². The Morgan fingerprint density at radius 1 is 1.13 bits per heavy atom. The Bertz CT molecular complexity index is 1250. The van der Waals surface area contributed by atoms with Crippen molar-refractivity contribution in [3.05, 3.63) is 58.5 Å². The highest BCUT2D eigenvalue weighted by Crippen LogP contribution is 2.27. The van der Waals surface area contributed by atoms with Crippen molar-refractivity contribution < 1.29 is 32.3 Å². The Hall–Kier alpha value is -4.14. The third kappa shape index (κ3) is 6.40. The SMILES string of the molecule is O=[N+]([O-])c1cn2c(n1)OC[C@@H](NCc1cnc(N3CCC(Oc4ccc(OC(F)(F)F)cc4)CC3)nc1)C2. The van der Waals surface area contributed by atoms with Crippen molar-refractivity contribution >= 4 is 11.8 Å². The first-order chi connectivity index (χ1) is 18.2. The minimum Gasteiger partial charge on any atom is -0.490 e. The van der Waals surface area contributed by atoms with E-state index in [1.165, 1.54) is 30.5 Å². The van der Waals surface area contributed by atoms with E-state index < -0.39 is 11.3 Å². The molecule has 5 rings (SSSR count). The molecule has 1 atom stereocenters. The summed E-state index contributed by atoms with van der Waals surface area (Å²) in [4.78, 5) is 25.2. The molecule has 0 saturated carbocycles. The number of fused-ring (bicyclic) bond motifs is 1. The van der Waals surface area contributed by atoms with E-state index in [2.05, 4.69) is 29.9 Å². The number of hydrogen-bond donors (Lipinski definition) is 1. The standard InChI is InChI=1S/C23H24F3N7O5/c24-23(25,26)38-19-3-1-17(2-4-19)37-18-5-7-31(8-6-18)21-28-10-15(11-29-21)9-27-16-12-32-13-20(33(34)35)30-22(32)36-14-16/h1-4,10-11,13,16,18,27H,5-9,12,14H2/t16-/m0/s1. The number of nitrogens with one attached hydrogen (secondary N) is 1. The van der Waals surface area contributed by atoms with E-state index in [-0.39, 0.29) is 29.7 Å². The fraction of sp³-hybridized carbons (Fsp3) is 0.435. The lowest BCUT2D eigenvalue weighted by Crippen LogP contribution is -2.41. The van der Waals surface area contributed by atoms with E-state index in [0.717, 1.165) is 5.56 Å². The highest BCUT2D eigenvalue weighted by molar-refractivity contribution is 5.33.